The predicted molar refractivity (Wildman–Crippen MR) is 75.0 cm³/mol. The largest absolute Gasteiger partial charge is 0.355 e. The molecule has 1 heteroatoms. The Morgan fingerprint density at radius 1 is 0.941 bits per heavy atom. The van der Waals surface area contributed by atoms with Crippen molar-refractivity contribution in [3.8, 4) is 0 Å². The van der Waals surface area contributed by atoms with Gasteiger partial charge in [0.25, 0.3) is 0 Å². The third kappa shape index (κ3) is 2.88. The maximum Gasteiger partial charge on any atom is 0.0416 e. The van der Waals surface area contributed by atoms with Crippen LogP contribution < -0.4 is 5.32 Å². The van der Waals surface area contributed by atoms with Crippen LogP contribution in [0.1, 0.15) is 30.9 Å². The number of hydrogen-bond donors (Lipinski definition) is 1. The van der Waals surface area contributed by atoms with Gasteiger partial charge in [-0.3, -0.25) is 0 Å². The van der Waals surface area contributed by atoms with E-state index in [4.69, 9.17) is 0 Å². The molecule has 0 atom stereocenters. The quantitative estimate of drug-likeness (QED) is 0.786. The fourth-order valence-corrected chi connectivity index (χ4v) is 1.81. The molecule has 2 aromatic carbocycles. The Morgan fingerprint density at radius 2 is 1.65 bits per heavy atom. The molecule has 0 saturated heterocycles. The molecule has 1 nitrogen and oxygen atoms in total. The Bertz CT molecular complexity index is 486. The lowest BCUT2D eigenvalue weighted by Crippen LogP contribution is -1.95. The van der Waals surface area contributed by atoms with E-state index >= 15 is 0 Å². The van der Waals surface area contributed by atoms with E-state index in [0.717, 1.165) is 5.69 Å². The van der Waals surface area contributed by atoms with E-state index in [0.29, 0.717) is 5.92 Å². The summed E-state index contributed by atoms with van der Waals surface area (Å²) >= 11 is 0. The molecule has 0 saturated carbocycles. The van der Waals surface area contributed by atoms with Crippen LogP contribution in [0.15, 0.2) is 48.5 Å². The van der Waals surface area contributed by atoms with Gasteiger partial charge < -0.3 is 5.32 Å². The molecule has 2 rings (SSSR count). The third-order valence-electron chi connectivity index (χ3n) is 2.98. The van der Waals surface area contributed by atoms with Crippen molar-refractivity contribution in [3.05, 3.63) is 59.7 Å². The molecule has 0 radical (unpaired) electrons. The first-order valence-electron chi connectivity index (χ1n) is 6.09. The molecule has 2 aromatic rings. The van der Waals surface area contributed by atoms with Gasteiger partial charge in [0.05, 0.1) is 0 Å². The Kier molecular flexibility index (Phi) is 3.48. The van der Waals surface area contributed by atoms with Gasteiger partial charge in [0.15, 0.2) is 0 Å². The summed E-state index contributed by atoms with van der Waals surface area (Å²) in [5.74, 6) is 0.562. The molecule has 0 heterocycles. The zero-order valence-corrected chi connectivity index (χ0v) is 10.7. The standard InChI is InChI=1S/C16H19N/c1-12(2)14-10-9-13(3)16(11-14)17-15-7-5-4-6-8-15/h4-12,17H,1-3H3. The Balaban J connectivity index is 2.29. The van der Waals surface area contributed by atoms with Crippen molar-refractivity contribution < 1.29 is 0 Å². The molecular weight excluding hydrogens is 206 g/mol. The zero-order chi connectivity index (χ0) is 12.3. The average molecular weight is 225 g/mol. The minimum absolute atomic E-state index is 0.562. The lowest BCUT2D eigenvalue weighted by atomic mass is 10.0. The molecule has 0 unspecified atom stereocenters. The first-order chi connectivity index (χ1) is 8.16. The summed E-state index contributed by atoms with van der Waals surface area (Å²) in [6.45, 7) is 6.57. The molecule has 0 spiro atoms. The zero-order valence-electron chi connectivity index (χ0n) is 10.7. The summed E-state index contributed by atoms with van der Waals surface area (Å²) in [4.78, 5) is 0. The van der Waals surface area contributed by atoms with Crippen molar-refractivity contribution in [1.29, 1.82) is 0 Å². The van der Waals surface area contributed by atoms with Crippen molar-refractivity contribution in [3.63, 3.8) is 0 Å². The molecule has 0 amide bonds. The lowest BCUT2D eigenvalue weighted by molar-refractivity contribution is 0.866. The molecule has 1 N–H and O–H groups in total. The van der Waals surface area contributed by atoms with Gasteiger partial charge in [-0.25, -0.2) is 0 Å². The van der Waals surface area contributed by atoms with Gasteiger partial charge in [-0.1, -0.05) is 44.2 Å². The molecule has 0 aliphatic rings. The van der Waals surface area contributed by atoms with Gasteiger partial charge in [0.2, 0.25) is 0 Å². The molecule has 17 heavy (non-hydrogen) atoms. The highest BCUT2D eigenvalue weighted by Gasteiger charge is 2.03. The molecule has 0 aliphatic heterocycles. The van der Waals surface area contributed by atoms with Gasteiger partial charge in [0, 0.05) is 11.4 Å². The maximum absolute atomic E-state index is 3.47. The maximum atomic E-state index is 3.47. The number of hydrogen-bond acceptors (Lipinski definition) is 1. The lowest BCUT2D eigenvalue weighted by Gasteiger charge is -2.13. The van der Waals surface area contributed by atoms with E-state index in [1.54, 1.807) is 0 Å². The van der Waals surface area contributed by atoms with Crippen LogP contribution in [0.3, 0.4) is 0 Å². The fraction of sp³-hybridized carbons (Fsp3) is 0.250. The molecule has 88 valence electrons. The second-order valence-corrected chi connectivity index (χ2v) is 4.72. The highest BCUT2D eigenvalue weighted by molar-refractivity contribution is 5.63. The summed E-state index contributed by atoms with van der Waals surface area (Å²) in [6, 6.07) is 16.9. The van der Waals surface area contributed by atoms with E-state index in [9.17, 15) is 0 Å². The fourth-order valence-electron chi connectivity index (χ4n) is 1.81. The summed E-state index contributed by atoms with van der Waals surface area (Å²) < 4.78 is 0. The normalized spacial score (nSPS) is 10.6. The van der Waals surface area contributed by atoms with Gasteiger partial charge >= 0.3 is 0 Å². The number of aryl methyl sites for hydroxylation is 1. The number of benzene rings is 2. The number of para-hydroxylation sites is 1. The van der Waals surface area contributed by atoms with E-state index in [2.05, 4.69) is 56.4 Å². The van der Waals surface area contributed by atoms with E-state index < -0.39 is 0 Å². The van der Waals surface area contributed by atoms with Crippen LogP contribution in [0.25, 0.3) is 0 Å². The summed E-state index contributed by atoms with van der Waals surface area (Å²) in [7, 11) is 0. The molecule has 0 aromatic heterocycles. The monoisotopic (exact) mass is 225 g/mol. The number of anilines is 2. The van der Waals surface area contributed by atoms with Crippen molar-refractivity contribution in [2.24, 2.45) is 0 Å². The third-order valence-corrected chi connectivity index (χ3v) is 2.98. The molecule has 0 bridgehead atoms. The number of rotatable bonds is 3. The van der Waals surface area contributed by atoms with E-state index in [-0.39, 0.29) is 0 Å². The molecule has 0 fully saturated rings. The topological polar surface area (TPSA) is 12.0 Å². The minimum atomic E-state index is 0.562. The van der Waals surface area contributed by atoms with Crippen LogP contribution in [0.4, 0.5) is 11.4 Å². The van der Waals surface area contributed by atoms with Crippen LogP contribution in [0.2, 0.25) is 0 Å². The SMILES string of the molecule is Cc1ccc(C(C)C)cc1Nc1ccccc1. The van der Waals surface area contributed by atoms with Gasteiger partial charge in [-0.05, 0) is 42.2 Å². The van der Waals surface area contributed by atoms with Crippen molar-refractivity contribution in [2.45, 2.75) is 26.7 Å². The Morgan fingerprint density at radius 3 is 2.29 bits per heavy atom. The first kappa shape index (κ1) is 11.7. The Labute approximate surface area is 103 Å². The van der Waals surface area contributed by atoms with Crippen molar-refractivity contribution in [2.75, 3.05) is 5.32 Å². The summed E-state index contributed by atoms with van der Waals surface area (Å²) in [5.41, 5.74) is 4.98. The minimum Gasteiger partial charge on any atom is -0.355 e. The van der Waals surface area contributed by atoms with Gasteiger partial charge in [-0.15, -0.1) is 0 Å². The van der Waals surface area contributed by atoms with E-state index in [1.807, 2.05) is 18.2 Å². The molecule has 0 aliphatic carbocycles. The van der Waals surface area contributed by atoms with Crippen LogP contribution in [0, 0.1) is 6.92 Å². The average Bonchev–Trinajstić information content (AvgIpc) is 2.33. The van der Waals surface area contributed by atoms with E-state index in [1.165, 1.54) is 16.8 Å². The Hall–Kier alpha value is -1.76. The van der Waals surface area contributed by atoms with Gasteiger partial charge in [0.1, 0.15) is 0 Å². The highest BCUT2D eigenvalue weighted by atomic mass is 14.9. The smallest absolute Gasteiger partial charge is 0.0416 e. The van der Waals surface area contributed by atoms with Gasteiger partial charge in [-0.2, -0.15) is 0 Å². The van der Waals surface area contributed by atoms with Crippen LogP contribution in [0.5, 0.6) is 0 Å². The van der Waals surface area contributed by atoms with Crippen molar-refractivity contribution in [1.82, 2.24) is 0 Å². The van der Waals surface area contributed by atoms with Crippen molar-refractivity contribution >= 4 is 11.4 Å². The first-order valence-corrected chi connectivity index (χ1v) is 6.09. The molecular formula is C16H19N. The van der Waals surface area contributed by atoms with Crippen LogP contribution >= 0.6 is 0 Å². The second kappa shape index (κ2) is 5.05. The van der Waals surface area contributed by atoms with Crippen LogP contribution in [-0.2, 0) is 0 Å². The van der Waals surface area contributed by atoms with Crippen LogP contribution in [-0.4, -0.2) is 0 Å². The summed E-state index contributed by atoms with van der Waals surface area (Å²) in [6.07, 6.45) is 0. The summed E-state index contributed by atoms with van der Waals surface area (Å²) in [5, 5.41) is 3.47. The number of nitrogens with one attached hydrogen (secondary N) is 1. The second-order valence-electron chi connectivity index (χ2n) is 4.72. The predicted octanol–water partition coefficient (Wildman–Crippen LogP) is 4.86. The highest BCUT2D eigenvalue weighted by Crippen LogP contribution is 2.25.